The molecule has 0 amide bonds. The van der Waals surface area contributed by atoms with Crippen molar-refractivity contribution >= 4 is 0 Å². The molecule has 0 radical (unpaired) electrons. The van der Waals surface area contributed by atoms with E-state index in [9.17, 15) is 33.7 Å². The van der Waals surface area contributed by atoms with Crippen LogP contribution in [0.25, 0.3) is 0 Å². The van der Waals surface area contributed by atoms with E-state index < -0.39 is 54.0 Å². The first kappa shape index (κ1) is 20.3. The molecule has 2 aromatic rings. The molecular formula is C18H20F2N2O6. The molecule has 4 atom stereocenters. The lowest BCUT2D eigenvalue weighted by Crippen LogP contribution is -2.44. The third-order valence-corrected chi connectivity index (χ3v) is 4.78. The highest BCUT2D eigenvalue weighted by atomic mass is 19.1. The molecule has 1 unspecified atom stereocenters. The number of aromatic nitrogens is 2. The summed E-state index contributed by atoms with van der Waals surface area (Å²) >= 11 is 0. The van der Waals surface area contributed by atoms with E-state index in [0.717, 1.165) is 15.2 Å². The maximum atomic E-state index is 13.8. The fraction of sp³-hybridized carbons (Fsp3) is 0.444. The summed E-state index contributed by atoms with van der Waals surface area (Å²) in [6.07, 6.45) is -4.12. The maximum Gasteiger partial charge on any atom is 0.333 e. The van der Waals surface area contributed by atoms with Crippen LogP contribution in [0.15, 0.2) is 34.0 Å². The lowest BCUT2D eigenvalue weighted by molar-refractivity contribution is -0.0557. The monoisotopic (exact) mass is 398 g/mol. The van der Waals surface area contributed by atoms with E-state index in [1.54, 1.807) is 0 Å². The number of aryl methyl sites for hydroxylation is 2. The lowest BCUT2D eigenvalue weighted by Gasteiger charge is -2.19. The van der Waals surface area contributed by atoms with Crippen LogP contribution < -0.4 is 11.2 Å². The molecule has 152 valence electrons. The Morgan fingerprint density at radius 1 is 1.18 bits per heavy atom. The summed E-state index contributed by atoms with van der Waals surface area (Å²) in [4.78, 5) is 25.2. The van der Waals surface area contributed by atoms with Crippen molar-refractivity contribution in [1.29, 1.82) is 0 Å². The fourth-order valence-corrected chi connectivity index (χ4v) is 3.20. The molecule has 3 N–H and O–H groups in total. The molecule has 0 aliphatic carbocycles. The Morgan fingerprint density at radius 3 is 2.50 bits per heavy atom. The predicted octanol–water partition coefficient (Wildman–Crippen LogP) is -0.549. The second-order valence-electron chi connectivity index (χ2n) is 6.67. The lowest BCUT2D eigenvalue weighted by atomic mass is 10.1. The fourth-order valence-electron chi connectivity index (χ4n) is 3.20. The van der Waals surface area contributed by atoms with Crippen molar-refractivity contribution in [3.05, 3.63) is 68.0 Å². The van der Waals surface area contributed by atoms with Crippen molar-refractivity contribution in [1.82, 2.24) is 9.13 Å². The number of hydrogen-bond donors (Lipinski definition) is 3. The number of aliphatic hydroxyl groups is 3. The highest BCUT2D eigenvalue weighted by molar-refractivity contribution is 5.18. The Kier molecular flexibility index (Phi) is 5.75. The van der Waals surface area contributed by atoms with Gasteiger partial charge in [-0.15, -0.1) is 0 Å². The van der Waals surface area contributed by atoms with Crippen molar-refractivity contribution in [2.45, 2.75) is 44.4 Å². The molecule has 1 fully saturated rings. The van der Waals surface area contributed by atoms with Gasteiger partial charge in [-0.05, 0) is 25.0 Å². The van der Waals surface area contributed by atoms with Gasteiger partial charge in [-0.3, -0.25) is 13.9 Å². The topological polar surface area (TPSA) is 114 Å². The summed E-state index contributed by atoms with van der Waals surface area (Å²) in [5, 5.41) is 29.2. The number of halogens is 2. The van der Waals surface area contributed by atoms with Gasteiger partial charge in [-0.2, -0.15) is 0 Å². The van der Waals surface area contributed by atoms with Crippen LogP contribution in [-0.2, 0) is 17.7 Å². The van der Waals surface area contributed by atoms with Crippen LogP contribution in [-0.4, -0.2) is 49.4 Å². The van der Waals surface area contributed by atoms with Crippen LogP contribution in [0.5, 0.6) is 0 Å². The highest BCUT2D eigenvalue weighted by Crippen LogP contribution is 2.28. The average Bonchev–Trinajstić information content (AvgIpc) is 2.94. The Labute approximate surface area is 157 Å². The Balaban J connectivity index is 1.94. The van der Waals surface area contributed by atoms with E-state index in [-0.39, 0.29) is 24.1 Å². The molecule has 0 saturated carbocycles. The molecular weight excluding hydrogens is 378 g/mol. The smallest absolute Gasteiger partial charge is 0.333 e. The van der Waals surface area contributed by atoms with Crippen molar-refractivity contribution in [3.8, 4) is 0 Å². The Bertz CT molecular complexity index is 989. The van der Waals surface area contributed by atoms with E-state index in [4.69, 9.17) is 4.74 Å². The van der Waals surface area contributed by atoms with E-state index >= 15 is 0 Å². The average molecular weight is 398 g/mol. The minimum Gasteiger partial charge on any atom is -0.394 e. The normalized spacial score (nSPS) is 24.6. The van der Waals surface area contributed by atoms with Gasteiger partial charge in [-0.25, -0.2) is 13.6 Å². The van der Waals surface area contributed by atoms with Crippen molar-refractivity contribution in [2.75, 3.05) is 6.61 Å². The second-order valence-corrected chi connectivity index (χ2v) is 6.67. The number of nitrogens with zero attached hydrogens (tertiary/aromatic N) is 2. The second kappa shape index (κ2) is 7.92. The molecule has 0 bridgehead atoms. The Morgan fingerprint density at radius 2 is 1.89 bits per heavy atom. The van der Waals surface area contributed by atoms with Crippen molar-refractivity contribution in [2.24, 2.45) is 0 Å². The van der Waals surface area contributed by atoms with E-state index in [2.05, 4.69) is 0 Å². The number of aliphatic hydroxyl groups excluding tert-OH is 3. The van der Waals surface area contributed by atoms with Gasteiger partial charge in [0.2, 0.25) is 0 Å². The molecule has 3 rings (SSSR count). The minimum absolute atomic E-state index is 0.0410. The number of hydrogen-bond acceptors (Lipinski definition) is 6. The van der Waals surface area contributed by atoms with E-state index in [1.807, 2.05) is 0 Å². The van der Waals surface area contributed by atoms with Gasteiger partial charge >= 0.3 is 5.69 Å². The largest absolute Gasteiger partial charge is 0.394 e. The third kappa shape index (κ3) is 3.63. The van der Waals surface area contributed by atoms with Crippen LogP contribution in [0.1, 0.15) is 17.4 Å². The molecule has 10 heteroatoms. The quantitative estimate of drug-likeness (QED) is 0.623. The number of rotatable bonds is 5. The van der Waals surface area contributed by atoms with Gasteiger partial charge in [0.1, 0.15) is 29.9 Å². The zero-order valence-electron chi connectivity index (χ0n) is 15.0. The van der Waals surface area contributed by atoms with Crippen LogP contribution in [0.2, 0.25) is 0 Å². The first-order valence-corrected chi connectivity index (χ1v) is 8.63. The van der Waals surface area contributed by atoms with Gasteiger partial charge in [0.15, 0.2) is 6.23 Å². The molecule has 1 aromatic carbocycles. The maximum absolute atomic E-state index is 13.8. The van der Waals surface area contributed by atoms with Crippen LogP contribution in [0.4, 0.5) is 8.78 Å². The molecule has 8 nitrogen and oxygen atoms in total. The van der Waals surface area contributed by atoms with Crippen LogP contribution >= 0.6 is 0 Å². The van der Waals surface area contributed by atoms with E-state index in [1.165, 1.54) is 19.2 Å². The number of ether oxygens (including phenoxy) is 1. The van der Waals surface area contributed by atoms with Gasteiger partial charge in [0, 0.05) is 24.4 Å². The molecule has 1 aliphatic rings. The van der Waals surface area contributed by atoms with Gasteiger partial charge < -0.3 is 20.1 Å². The van der Waals surface area contributed by atoms with Gasteiger partial charge in [0.25, 0.3) is 5.56 Å². The molecule has 28 heavy (non-hydrogen) atoms. The summed E-state index contributed by atoms with van der Waals surface area (Å²) in [6.45, 7) is 0.706. The highest BCUT2D eigenvalue weighted by Gasteiger charge is 2.44. The SMILES string of the molecule is Cc1cn([C@@H]2O[C@H](CO)C(O)[C@@H]2O)c(=O)n(CCc2ccc(F)cc2F)c1=O. The zero-order chi connectivity index (χ0) is 20.6. The van der Waals surface area contributed by atoms with Crippen molar-refractivity contribution in [3.63, 3.8) is 0 Å². The predicted molar refractivity (Wildman–Crippen MR) is 92.8 cm³/mol. The first-order chi connectivity index (χ1) is 13.2. The van der Waals surface area contributed by atoms with Crippen LogP contribution in [0.3, 0.4) is 0 Å². The standard InChI is InChI=1S/C18H20F2N2O6/c1-9-7-22(17-15(25)14(24)13(8-23)28-17)18(27)21(16(9)26)5-4-10-2-3-11(19)6-12(10)20/h2-3,6-7,13-15,17,23-25H,4-5,8H2,1H3/t13-,14?,15+,17-/m1/s1. The Hall–Kier alpha value is -2.40. The molecule has 0 spiro atoms. The molecule has 1 saturated heterocycles. The van der Waals surface area contributed by atoms with E-state index in [0.29, 0.717) is 6.07 Å². The molecule has 2 heterocycles. The summed E-state index contributed by atoms with van der Waals surface area (Å²) in [6, 6.07) is 3.02. The first-order valence-electron chi connectivity index (χ1n) is 8.63. The third-order valence-electron chi connectivity index (χ3n) is 4.78. The summed E-state index contributed by atoms with van der Waals surface area (Å²) in [5.41, 5.74) is -1.13. The summed E-state index contributed by atoms with van der Waals surface area (Å²) in [5.74, 6) is -1.52. The summed E-state index contributed by atoms with van der Waals surface area (Å²) < 4.78 is 34.0. The minimum atomic E-state index is -1.49. The van der Waals surface area contributed by atoms with Gasteiger partial charge in [-0.1, -0.05) is 6.07 Å². The molecule has 1 aliphatic heterocycles. The zero-order valence-corrected chi connectivity index (χ0v) is 15.0. The van der Waals surface area contributed by atoms with Crippen LogP contribution in [0, 0.1) is 18.6 Å². The van der Waals surface area contributed by atoms with Gasteiger partial charge in [0.05, 0.1) is 6.61 Å². The number of benzene rings is 1. The summed E-state index contributed by atoms with van der Waals surface area (Å²) in [7, 11) is 0. The molecule has 1 aromatic heterocycles. The van der Waals surface area contributed by atoms with Crippen molar-refractivity contribution < 1.29 is 28.8 Å².